The number of rotatable bonds is 5. The highest BCUT2D eigenvalue weighted by molar-refractivity contribution is 7.80. The molecule has 0 aliphatic carbocycles. The summed E-state index contributed by atoms with van der Waals surface area (Å²) in [7, 11) is 0. The first-order chi connectivity index (χ1) is 13.8. The predicted molar refractivity (Wildman–Crippen MR) is 120 cm³/mol. The molecule has 0 bridgehead atoms. The third kappa shape index (κ3) is 4.84. The van der Waals surface area contributed by atoms with Crippen LogP contribution in [0.4, 0.5) is 17.1 Å². The molecule has 0 aliphatic heterocycles. The summed E-state index contributed by atoms with van der Waals surface area (Å²) >= 11 is 17.9. The van der Waals surface area contributed by atoms with Crippen LogP contribution in [0.25, 0.3) is 0 Å². The topological polar surface area (TPSA) is 85.0 Å². The standard InChI is InChI=1S/C19H17Cl2N5O2S/c1-11-18(23-19(29)22-13-5-3-6-14(9-13)26(27)28)12(2)25(24-11)10-15-16(20)7-4-8-17(15)21/h3-9H,10H2,1-2H3,(H2,22,23,29). The van der Waals surface area contributed by atoms with Gasteiger partial charge in [0.05, 0.1) is 28.5 Å². The second-order valence-corrected chi connectivity index (χ2v) is 7.51. The molecule has 0 saturated carbocycles. The molecule has 0 radical (unpaired) electrons. The highest BCUT2D eigenvalue weighted by atomic mass is 35.5. The van der Waals surface area contributed by atoms with E-state index in [9.17, 15) is 10.1 Å². The molecule has 3 aromatic rings. The number of nitro groups is 1. The maximum atomic E-state index is 10.9. The van der Waals surface area contributed by atoms with Crippen LogP contribution in [-0.4, -0.2) is 19.8 Å². The van der Waals surface area contributed by atoms with Crippen molar-refractivity contribution in [1.82, 2.24) is 9.78 Å². The van der Waals surface area contributed by atoms with Crippen molar-refractivity contribution in [3.63, 3.8) is 0 Å². The van der Waals surface area contributed by atoms with Gasteiger partial charge in [0, 0.05) is 33.4 Å². The fourth-order valence-corrected chi connectivity index (χ4v) is 3.57. The minimum absolute atomic E-state index is 0.0189. The number of hydrogen-bond acceptors (Lipinski definition) is 4. The lowest BCUT2D eigenvalue weighted by atomic mass is 10.2. The third-order valence-electron chi connectivity index (χ3n) is 4.30. The van der Waals surface area contributed by atoms with Crippen molar-refractivity contribution in [3.8, 4) is 0 Å². The number of nitrogens with one attached hydrogen (secondary N) is 2. The van der Waals surface area contributed by atoms with Crippen LogP contribution in [0.15, 0.2) is 42.5 Å². The zero-order valence-corrected chi connectivity index (χ0v) is 17.9. The number of non-ortho nitro benzene ring substituents is 1. The van der Waals surface area contributed by atoms with Gasteiger partial charge in [0.2, 0.25) is 0 Å². The van der Waals surface area contributed by atoms with Gasteiger partial charge in [0.15, 0.2) is 5.11 Å². The summed E-state index contributed by atoms with van der Waals surface area (Å²) in [5, 5.41) is 23.0. The number of thiocarbonyl (C=S) groups is 1. The Balaban J connectivity index is 1.77. The average molecular weight is 450 g/mol. The van der Waals surface area contributed by atoms with E-state index in [1.807, 2.05) is 13.8 Å². The monoisotopic (exact) mass is 449 g/mol. The molecule has 2 aromatic carbocycles. The first-order valence-electron chi connectivity index (χ1n) is 8.55. The largest absolute Gasteiger partial charge is 0.332 e. The van der Waals surface area contributed by atoms with Crippen LogP contribution in [0.1, 0.15) is 17.0 Å². The van der Waals surface area contributed by atoms with Crippen LogP contribution in [0.5, 0.6) is 0 Å². The Bertz CT molecular complexity index is 1080. The van der Waals surface area contributed by atoms with Gasteiger partial charge in [-0.25, -0.2) is 0 Å². The van der Waals surface area contributed by atoms with Crippen LogP contribution < -0.4 is 10.6 Å². The first-order valence-corrected chi connectivity index (χ1v) is 9.72. The summed E-state index contributed by atoms with van der Waals surface area (Å²) < 4.78 is 1.79. The Hall–Kier alpha value is -2.68. The quantitative estimate of drug-likeness (QED) is 0.300. The second-order valence-electron chi connectivity index (χ2n) is 6.29. The number of hydrogen-bond donors (Lipinski definition) is 2. The summed E-state index contributed by atoms with van der Waals surface area (Å²) in [4.78, 5) is 10.5. The summed E-state index contributed by atoms with van der Waals surface area (Å²) in [6, 6.07) is 11.5. The molecule has 0 fully saturated rings. The molecule has 0 saturated heterocycles. The third-order valence-corrected chi connectivity index (χ3v) is 5.22. The zero-order chi connectivity index (χ0) is 21.1. The van der Waals surface area contributed by atoms with E-state index in [1.54, 1.807) is 35.0 Å². The van der Waals surface area contributed by atoms with E-state index in [2.05, 4.69) is 15.7 Å². The van der Waals surface area contributed by atoms with Gasteiger partial charge in [-0.3, -0.25) is 14.8 Å². The minimum atomic E-state index is -0.459. The molecule has 10 heteroatoms. The van der Waals surface area contributed by atoms with E-state index in [1.165, 1.54) is 12.1 Å². The number of nitrogens with zero attached hydrogens (tertiary/aromatic N) is 3. The lowest BCUT2D eigenvalue weighted by Crippen LogP contribution is -2.20. The van der Waals surface area contributed by atoms with E-state index in [-0.39, 0.29) is 5.69 Å². The molecule has 0 amide bonds. The van der Waals surface area contributed by atoms with Crippen LogP contribution in [0.2, 0.25) is 10.0 Å². The molecule has 0 aliphatic rings. The summed E-state index contributed by atoms with van der Waals surface area (Å²) in [6.45, 7) is 4.18. The van der Waals surface area contributed by atoms with Gasteiger partial charge in [-0.05, 0) is 44.3 Å². The molecular weight excluding hydrogens is 433 g/mol. The van der Waals surface area contributed by atoms with Crippen molar-refractivity contribution in [2.75, 3.05) is 10.6 Å². The highest BCUT2D eigenvalue weighted by Crippen LogP contribution is 2.27. The molecule has 2 N–H and O–H groups in total. The molecule has 0 atom stereocenters. The maximum Gasteiger partial charge on any atom is 0.271 e. The first kappa shape index (κ1) is 21.0. The molecule has 1 heterocycles. The SMILES string of the molecule is Cc1nn(Cc2c(Cl)cccc2Cl)c(C)c1NC(=S)Nc1cccc([N+](=O)[O-])c1. The number of halogens is 2. The normalized spacial score (nSPS) is 10.6. The van der Waals surface area contributed by atoms with E-state index in [0.717, 1.165) is 22.6 Å². The average Bonchev–Trinajstić information content (AvgIpc) is 2.92. The minimum Gasteiger partial charge on any atom is -0.332 e. The van der Waals surface area contributed by atoms with Crippen LogP contribution >= 0.6 is 35.4 Å². The number of aromatic nitrogens is 2. The van der Waals surface area contributed by atoms with Crippen LogP contribution in [-0.2, 0) is 6.54 Å². The second kappa shape index (κ2) is 8.77. The molecule has 7 nitrogen and oxygen atoms in total. The van der Waals surface area contributed by atoms with Gasteiger partial charge in [0.1, 0.15) is 0 Å². The molecule has 0 spiro atoms. The number of nitro benzene ring substituents is 1. The highest BCUT2D eigenvalue weighted by Gasteiger charge is 2.16. The number of aryl methyl sites for hydroxylation is 1. The molecule has 0 unspecified atom stereocenters. The van der Waals surface area contributed by atoms with Gasteiger partial charge in [-0.15, -0.1) is 0 Å². The summed E-state index contributed by atoms with van der Waals surface area (Å²) in [5.74, 6) is 0. The Morgan fingerprint density at radius 1 is 1.17 bits per heavy atom. The van der Waals surface area contributed by atoms with Crippen molar-refractivity contribution < 1.29 is 4.92 Å². The van der Waals surface area contributed by atoms with Crippen LogP contribution in [0, 0.1) is 24.0 Å². The number of benzene rings is 2. The Labute approximate surface area is 182 Å². The van der Waals surface area contributed by atoms with E-state index in [4.69, 9.17) is 35.4 Å². The lowest BCUT2D eigenvalue weighted by molar-refractivity contribution is -0.384. The smallest absolute Gasteiger partial charge is 0.271 e. The summed E-state index contributed by atoms with van der Waals surface area (Å²) in [6.07, 6.45) is 0. The van der Waals surface area contributed by atoms with Gasteiger partial charge in [0.25, 0.3) is 5.69 Å². The van der Waals surface area contributed by atoms with Crippen molar-refractivity contribution in [1.29, 1.82) is 0 Å². The van der Waals surface area contributed by atoms with E-state index >= 15 is 0 Å². The van der Waals surface area contributed by atoms with Gasteiger partial charge in [-0.2, -0.15) is 5.10 Å². The van der Waals surface area contributed by atoms with Gasteiger partial charge < -0.3 is 10.6 Å². The van der Waals surface area contributed by atoms with E-state index < -0.39 is 4.92 Å². The number of anilines is 2. The maximum absolute atomic E-state index is 10.9. The Morgan fingerprint density at radius 2 is 1.83 bits per heavy atom. The zero-order valence-electron chi connectivity index (χ0n) is 15.6. The summed E-state index contributed by atoms with van der Waals surface area (Å²) in [5.41, 5.74) is 3.62. The van der Waals surface area contributed by atoms with Crippen molar-refractivity contribution in [2.24, 2.45) is 0 Å². The van der Waals surface area contributed by atoms with Crippen molar-refractivity contribution >= 4 is 57.6 Å². The van der Waals surface area contributed by atoms with Crippen LogP contribution in [0.3, 0.4) is 0 Å². The lowest BCUT2D eigenvalue weighted by Gasteiger charge is -2.12. The fourth-order valence-electron chi connectivity index (χ4n) is 2.84. The predicted octanol–water partition coefficient (Wildman–Crippen LogP) is 5.57. The van der Waals surface area contributed by atoms with Crippen molar-refractivity contribution in [2.45, 2.75) is 20.4 Å². The molecular formula is C19H17Cl2N5O2S. The Morgan fingerprint density at radius 3 is 2.48 bits per heavy atom. The molecule has 3 rings (SSSR count). The van der Waals surface area contributed by atoms with Gasteiger partial charge >= 0.3 is 0 Å². The fraction of sp³-hybridized carbons (Fsp3) is 0.158. The molecule has 150 valence electrons. The van der Waals surface area contributed by atoms with Gasteiger partial charge in [-0.1, -0.05) is 35.3 Å². The Kier molecular flexibility index (Phi) is 6.36. The molecule has 29 heavy (non-hydrogen) atoms. The van der Waals surface area contributed by atoms with Crippen molar-refractivity contribution in [3.05, 3.63) is 79.6 Å². The molecule has 1 aromatic heterocycles. The van der Waals surface area contributed by atoms with E-state index in [0.29, 0.717) is 27.4 Å².